The van der Waals surface area contributed by atoms with Crippen molar-refractivity contribution in [3.8, 4) is 34.4 Å². The number of nitrogens with zero attached hydrogens (tertiary/aromatic N) is 4. The van der Waals surface area contributed by atoms with Gasteiger partial charge in [0.1, 0.15) is 29.9 Å². The summed E-state index contributed by atoms with van der Waals surface area (Å²) in [6.45, 7) is 4.26. The molecular weight excluding hydrogens is 861 g/mol. The fourth-order valence-corrected chi connectivity index (χ4v) is 10.2. The molecule has 2 N–H and O–H groups in total. The van der Waals surface area contributed by atoms with Gasteiger partial charge >= 0.3 is 0 Å². The normalized spacial score (nSPS) is 21.8. The van der Waals surface area contributed by atoms with E-state index in [-0.39, 0.29) is 62.2 Å². The minimum absolute atomic E-state index is 0.00378. The van der Waals surface area contributed by atoms with E-state index in [1.807, 2.05) is 60.7 Å². The van der Waals surface area contributed by atoms with Crippen LogP contribution in [0, 0.1) is 39.2 Å². The number of hydrogen-bond acceptors (Lipinski definition) is 11. The zero-order valence-electron chi connectivity index (χ0n) is 38.1. The van der Waals surface area contributed by atoms with Gasteiger partial charge in [-0.2, -0.15) is 5.26 Å². The van der Waals surface area contributed by atoms with Crippen molar-refractivity contribution in [1.82, 2.24) is 4.90 Å². The van der Waals surface area contributed by atoms with E-state index in [0.717, 1.165) is 47.9 Å². The lowest BCUT2D eigenvalue weighted by Crippen LogP contribution is -2.69. The second-order valence-corrected chi connectivity index (χ2v) is 17.6. The fraction of sp³-hybridized carbons (Fsp3) is 0.327. The van der Waals surface area contributed by atoms with Gasteiger partial charge in [0, 0.05) is 55.9 Å². The molecule has 13 nitrogen and oxygen atoms in total. The SMILES string of the molecule is C=CCO[C@@]12Oc3ccc(Oc4ccc(-c5ccccc5)cc4)cc3[C@H]3[C@H](CCCCO)[C@@H](CCCCO)C=C(C(=NOCc4ccc([N+](=O)[O-])cc4)C[C@@H]1N(C)C(=O)c1ccc(C#N)cc1)[C@H]32. The zero-order valence-corrected chi connectivity index (χ0v) is 38.1. The second kappa shape index (κ2) is 21.7. The third kappa shape index (κ3) is 10.1. The first kappa shape index (κ1) is 47.4. The predicted octanol–water partition coefficient (Wildman–Crippen LogP) is 10.5. The predicted molar refractivity (Wildman–Crippen MR) is 258 cm³/mol. The number of unbranched alkanes of at least 4 members (excludes halogenated alkanes) is 2. The van der Waals surface area contributed by atoms with E-state index in [2.05, 4.69) is 30.9 Å². The summed E-state index contributed by atoms with van der Waals surface area (Å²) in [5, 5.41) is 45.7. The van der Waals surface area contributed by atoms with Crippen LogP contribution in [0.15, 0.2) is 151 Å². The van der Waals surface area contributed by atoms with Crippen LogP contribution < -0.4 is 9.47 Å². The lowest BCUT2D eigenvalue weighted by Gasteiger charge is -2.59. The Kier molecular flexibility index (Phi) is 15.1. The summed E-state index contributed by atoms with van der Waals surface area (Å²) >= 11 is 0. The molecule has 1 amide bonds. The Bertz CT molecular complexity index is 2660. The Hall–Kier alpha value is -7.11. The standard InChI is InChI=1S/C55H56N4O9/c1-3-31-65-55-51(58(2)54(62)41-19-15-37(35-56)16-20-41)34-49(57-66-36-38-17-23-43(24-18-38)59(63)64)47-32-42(13-7-9-29-60)46(14-8-10-30-61)52(53(47)55)48-33-45(27-28-50(48)68-55)67-44-25-21-40(22-26-44)39-11-5-4-6-12-39/h3-6,11-12,15-28,32-33,42,46,51-53,60-61H,1,7-10,13-14,29-31,34,36H2,2H3/t42-,46+,51-,52+,53+,55+/m0/s1. The number of aliphatic hydroxyl groups excluding tert-OH is 2. The van der Waals surface area contributed by atoms with E-state index in [0.29, 0.717) is 52.5 Å². The van der Waals surface area contributed by atoms with Gasteiger partial charge < -0.3 is 34.2 Å². The molecular formula is C55H56N4O9. The third-order valence-electron chi connectivity index (χ3n) is 13.4. The molecule has 1 saturated carbocycles. The maximum Gasteiger partial charge on any atom is 0.269 e. The molecule has 0 aromatic heterocycles. The molecule has 1 fully saturated rings. The molecule has 68 heavy (non-hydrogen) atoms. The van der Waals surface area contributed by atoms with E-state index >= 15 is 0 Å². The molecule has 1 aliphatic heterocycles. The van der Waals surface area contributed by atoms with Crippen LogP contribution in [0.5, 0.6) is 17.2 Å². The number of nitro benzene ring substituents is 1. The highest BCUT2D eigenvalue weighted by Gasteiger charge is 2.65. The van der Waals surface area contributed by atoms with Gasteiger partial charge in [-0.3, -0.25) is 14.9 Å². The third-order valence-corrected chi connectivity index (χ3v) is 13.4. The van der Waals surface area contributed by atoms with E-state index in [1.165, 1.54) is 12.1 Å². The molecule has 5 aromatic carbocycles. The number of hydrogen-bond donors (Lipinski definition) is 2. The molecule has 0 unspecified atom stereocenters. The number of fused-ring (bicyclic) bond motifs is 2. The molecule has 0 saturated heterocycles. The van der Waals surface area contributed by atoms with Gasteiger partial charge in [-0.05, 0) is 127 Å². The van der Waals surface area contributed by atoms with Crippen LogP contribution in [-0.2, 0) is 16.2 Å². The molecule has 0 spiro atoms. The Labute approximate surface area is 396 Å². The number of oxime groups is 1. The Morgan fingerprint density at radius 3 is 2.29 bits per heavy atom. The number of aliphatic hydroxyl groups is 2. The topological polar surface area (TPSA) is 177 Å². The molecule has 2 aliphatic carbocycles. The average Bonchev–Trinajstić information content (AvgIpc) is 3.37. The monoisotopic (exact) mass is 916 g/mol. The second-order valence-electron chi connectivity index (χ2n) is 17.6. The Balaban J connectivity index is 1.27. The minimum Gasteiger partial charge on any atom is -0.459 e. The number of carbonyl (C=O) groups excluding carboxylic acids is 1. The van der Waals surface area contributed by atoms with Crippen molar-refractivity contribution in [3.63, 3.8) is 0 Å². The highest BCUT2D eigenvalue weighted by atomic mass is 16.7. The molecule has 350 valence electrons. The summed E-state index contributed by atoms with van der Waals surface area (Å²) in [6.07, 6.45) is 8.41. The molecule has 6 atom stereocenters. The van der Waals surface area contributed by atoms with Crippen LogP contribution >= 0.6 is 0 Å². The number of non-ortho nitro benzene ring substituents is 1. The molecule has 13 heteroatoms. The molecule has 1 heterocycles. The number of benzene rings is 5. The molecule has 0 radical (unpaired) electrons. The minimum atomic E-state index is -1.48. The van der Waals surface area contributed by atoms with Crippen molar-refractivity contribution in [2.75, 3.05) is 26.9 Å². The van der Waals surface area contributed by atoms with Crippen LogP contribution in [0.1, 0.15) is 77.9 Å². The van der Waals surface area contributed by atoms with Crippen LogP contribution in [0.4, 0.5) is 5.69 Å². The lowest BCUT2D eigenvalue weighted by molar-refractivity contribution is -0.384. The average molecular weight is 917 g/mol. The number of amides is 1. The van der Waals surface area contributed by atoms with Gasteiger partial charge in [0.25, 0.3) is 11.6 Å². The first-order valence-corrected chi connectivity index (χ1v) is 23.2. The number of ether oxygens (including phenoxy) is 3. The van der Waals surface area contributed by atoms with Gasteiger partial charge in [-0.1, -0.05) is 72.6 Å². The molecule has 8 rings (SSSR count). The molecule has 0 bridgehead atoms. The fourth-order valence-electron chi connectivity index (χ4n) is 10.2. The first-order valence-electron chi connectivity index (χ1n) is 23.2. The maximum atomic E-state index is 14.7. The van der Waals surface area contributed by atoms with E-state index < -0.39 is 22.7 Å². The van der Waals surface area contributed by atoms with Crippen molar-refractivity contribution < 1.29 is 39.0 Å². The van der Waals surface area contributed by atoms with E-state index in [4.69, 9.17) is 24.2 Å². The van der Waals surface area contributed by atoms with Crippen LogP contribution in [0.25, 0.3) is 11.1 Å². The lowest BCUT2D eigenvalue weighted by atomic mass is 9.55. The van der Waals surface area contributed by atoms with Gasteiger partial charge in [-0.15, -0.1) is 6.58 Å². The Morgan fingerprint density at radius 2 is 1.62 bits per heavy atom. The summed E-state index contributed by atoms with van der Waals surface area (Å²) in [6, 6.07) is 37.9. The van der Waals surface area contributed by atoms with Crippen LogP contribution in [0.2, 0.25) is 0 Å². The molecule has 5 aromatic rings. The van der Waals surface area contributed by atoms with Crippen molar-refractivity contribution in [2.24, 2.45) is 22.9 Å². The maximum absolute atomic E-state index is 14.7. The number of allylic oxidation sites excluding steroid dienone is 1. The van der Waals surface area contributed by atoms with Crippen molar-refractivity contribution >= 4 is 17.3 Å². The highest BCUT2D eigenvalue weighted by Crippen LogP contribution is 2.62. The quantitative estimate of drug-likeness (QED) is 0.0331. The summed E-state index contributed by atoms with van der Waals surface area (Å²) in [4.78, 5) is 33.4. The number of nitro groups is 1. The van der Waals surface area contributed by atoms with Gasteiger partial charge in [-0.25, -0.2) is 0 Å². The summed E-state index contributed by atoms with van der Waals surface area (Å²) < 4.78 is 21.0. The largest absolute Gasteiger partial charge is 0.459 e. The van der Waals surface area contributed by atoms with Crippen molar-refractivity contribution in [2.45, 2.75) is 69.3 Å². The van der Waals surface area contributed by atoms with E-state index in [1.54, 1.807) is 54.4 Å². The summed E-state index contributed by atoms with van der Waals surface area (Å²) in [5.74, 6) is -0.779. The zero-order chi connectivity index (χ0) is 47.6. The summed E-state index contributed by atoms with van der Waals surface area (Å²) in [7, 11) is 1.72. The molecule has 3 aliphatic rings. The Morgan fingerprint density at radius 1 is 0.926 bits per heavy atom. The van der Waals surface area contributed by atoms with Crippen LogP contribution in [-0.4, -0.2) is 70.4 Å². The van der Waals surface area contributed by atoms with Crippen molar-refractivity contribution in [1.29, 1.82) is 5.26 Å². The smallest absolute Gasteiger partial charge is 0.269 e. The number of nitriles is 1. The highest BCUT2D eigenvalue weighted by molar-refractivity contribution is 6.03. The van der Waals surface area contributed by atoms with Gasteiger partial charge in [0.05, 0.1) is 34.8 Å². The number of rotatable bonds is 20. The van der Waals surface area contributed by atoms with Gasteiger partial charge in [0.2, 0.25) is 5.79 Å². The van der Waals surface area contributed by atoms with E-state index in [9.17, 15) is 30.4 Å². The van der Waals surface area contributed by atoms with Crippen LogP contribution in [0.3, 0.4) is 0 Å². The summed E-state index contributed by atoms with van der Waals surface area (Å²) in [5.41, 5.74) is 5.98. The van der Waals surface area contributed by atoms with Gasteiger partial charge in [0.15, 0.2) is 0 Å². The number of carbonyl (C=O) groups is 1. The van der Waals surface area contributed by atoms with Crippen molar-refractivity contribution in [3.05, 3.63) is 178 Å². The number of likely N-dealkylation sites (N-methyl/N-ethyl adjacent to an activating group) is 1. The first-order chi connectivity index (χ1) is 33.2.